The lowest BCUT2D eigenvalue weighted by Crippen LogP contribution is -2.40. The van der Waals surface area contributed by atoms with Crippen LogP contribution in [0.5, 0.6) is 5.75 Å². The van der Waals surface area contributed by atoms with Crippen molar-refractivity contribution in [3.05, 3.63) is 71.3 Å². The Bertz CT molecular complexity index is 1130. The molecule has 0 radical (unpaired) electrons. The zero-order chi connectivity index (χ0) is 28.7. The predicted octanol–water partition coefficient (Wildman–Crippen LogP) is 5.40. The molecule has 0 bridgehead atoms. The van der Waals surface area contributed by atoms with Crippen LogP contribution in [0.15, 0.2) is 54.6 Å². The minimum Gasteiger partial charge on any atom is -0.493 e. The summed E-state index contributed by atoms with van der Waals surface area (Å²) in [5.74, 6) is -0.955. The van der Waals surface area contributed by atoms with Gasteiger partial charge in [0.15, 0.2) is 0 Å². The summed E-state index contributed by atoms with van der Waals surface area (Å²) >= 11 is 0. The molecular formula is C32H42N2O6. The van der Waals surface area contributed by atoms with E-state index in [-0.39, 0.29) is 29.9 Å². The predicted molar refractivity (Wildman–Crippen MR) is 155 cm³/mol. The minimum absolute atomic E-state index is 0.111. The lowest BCUT2D eigenvalue weighted by Gasteiger charge is -2.21. The first-order valence-corrected chi connectivity index (χ1v) is 14.3. The molecule has 1 aliphatic rings. The lowest BCUT2D eigenvalue weighted by molar-refractivity contribution is -0.137. The van der Waals surface area contributed by atoms with Gasteiger partial charge in [0, 0.05) is 12.0 Å². The molecule has 3 rings (SSSR count). The summed E-state index contributed by atoms with van der Waals surface area (Å²) in [7, 11) is 0. The second kappa shape index (κ2) is 16.5. The number of amides is 1. The van der Waals surface area contributed by atoms with Crippen LogP contribution in [0.4, 0.5) is 0 Å². The van der Waals surface area contributed by atoms with Gasteiger partial charge in [-0.1, -0.05) is 48.9 Å². The molecule has 1 amide bonds. The molecule has 2 aromatic carbocycles. The summed E-state index contributed by atoms with van der Waals surface area (Å²) in [5, 5.41) is 18.1. The molecule has 216 valence electrons. The first-order valence-electron chi connectivity index (χ1n) is 14.3. The topological polar surface area (TPSA) is 130 Å². The Balaban J connectivity index is 1.53. The fourth-order valence-electron chi connectivity index (χ4n) is 5.22. The number of carbonyl (C=O) groups excluding carboxylic acids is 1. The van der Waals surface area contributed by atoms with Crippen LogP contribution in [0.25, 0.3) is 6.08 Å². The van der Waals surface area contributed by atoms with E-state index in [0.717, 1.165) is 81.3 Å². The van der Waals surface area contributed by atoms with E-state index >= 15 is 0 Å². The number of hydrogen-bond acceptors (Lipinski definition) is 5. The summed E-state index contributed by atoms with van der Waals surface area (Å²) in [5.41, 5.74) is 7.80. The number of carbonyl (C=O) groups is 3. The van der Waals surface area contributed by atoms with Crippen LogP contribution in [0.2, 0.25) is 0 Å². The number of ether oxygens (including phenoxy) is 1. The third-order valence-corrected chi connectivity index (χ3v) is 7.42. The van der Waals surface area contributed by atoms with Gasteiger partial charge < -0.3 is 20.7 Å². The van der Waals surface area contributed by atoms with Crippen molar-refractivity contribution < 1.29 is 29.3 Å². The van der Waals surface area contributed by atoms with Crippen LogP contribution in [0, 0.1) is 5.92 Å². The monoisotopic (exact) mass is 550 g/mol. The Labute approximate surface area is 236 Å². The van der Waals surface area contributed by atoms with Crippen LogP contribution < -0.4 is 10.5 Å². The Hall–Kier alpha value is -3.65. The Morgan fingerprint density at radius 3 is 2.50 bits per heavy atom. The zero-order valence-electron chi connectivity index (χ0n) is 23.2. The third-order valence-electron chi connectivity index (χ3n) is 7.42. The number of aromatic carboxylic acids is 1. The minimum atomic E-state index is -0.948. The van der Waals surface area contributed by atoms with Gasteiger partial charge in [0.1, 0.15) is 5.75 Å². The molecule has 40 heavy (non-hydrogen) atoms. The first kappa shape index (κ1) is 30.9. The molecule has 0 spiro atoms. The molecule has 2 aromatic rings. The number of carboxylic acid groups (broad SMARTS) is 2. The Morgan fingerprint density at radius 2 is 1.77 bits per heavy atom. The molecule has 1 saturated heterocycles. The number of aliphatic carboxylic acids is 1. The van der Waals surface area contributed by atoms with E-state index in [1.54, 1.807) is 12.1 Å². The second-order valence-electron chi connectivity index (χ2n) is 10.5. The van der Waals surface area contributed by atoms with Crippen molar-refractivity contribution in [1.29, 1.82) is 0 Å². The summed E-state index contributed by atoms with van der Waals surface area (Å²) < 4.78 is 6.12. The lowest BCUT2D eigenvalue weighted by atomic mass is 9.92. The van der Waals surface area contributed by atoms with Crippen molar-refractivity contribution in [2.45, 2.75) is 70.3 Å². The number of nitrogens with two attached hydrogens (primary N) is 1. The summed E-state index contributed by atoms with van der Waals surface area (Å²) in [6.07, 6.45) is 12.2. The van der Waals surface area contributed by atoms with Gasteiger partial charge in [0.2, 0.25) is 5.91 Å². The van der Waals surface area contributed by atoms with E-state index in [2.05, 4.69) is 17.1 Å². The highest BCUT2D eigenvalue weighted by atomic mass is 16.5. The van der Waals surface area contributed by atoms with Crippen molar-refractivity contribution in [2.75, 3.05) is 19.7 Å². The van der Waals surface area contributed by atoms with E-state index < -0.39 is 11.9 Å². The number of nitrogens with zero attached hydrogens (tertiary/aromatic N) is 1. The average molecular weight is 551 g/mol. The molecule has 1 fully saturated rings. The molecule has 8 heteroatoms. The van der Waals surface area contributed by atoms with Crippen molar-refractivity contribution in [3.8, 4) is 5.75 Å². The number of hydrogen-bond donors (Lipinski definition) is 3. The van der Waals surface area contributed by atoms with Gasteiger partial charge in [0.05, 0.1) is 18.2 Å². The quantitative estimate of drug-likeness (QED) is 0.212. The molecule has 0 saturated carbocycles. The molecule has 1 aliphatic heterocycles. The molecule has 4 N–H and O–H groups in total. The summed E-state index contributed by atoms with van der Waals surface area (Å²) in [6, 6.07) is 14.7. The zero-order valence-corrected chi connectivity index (χ0v) is 23.2. The van der Waals surface area contributed by atoms with E-state index in [1.165, 1.54) is 0 Å². The van der Waals surface area contributed by atoms with Crippen molar-refractivity contribution in [1.82, 2.24) is 4.90 Å². The maximum atomic E-state index is 11.6. The highest BCUT2D eigenvalue weighted by Crippen LogP contribution is 2.24. The maximum absolute atomic E-state index is 11.6. The van der Waals surface area contributed by atoms with Gasteiger partial charge in [-0.05, 0) is 94.1 Å². The molecule has 0 aliphatic carbocycles. The number of para-hydroxylation sites is 1. The Morgan fingerprint density at radius 1 is 1.00 bits per heavy atom. The van der Waals surface area contributed by atoms with Gasteiger partial charge in [-0.25, -0.2) is 4.79 Å². The first-order chi connectivity index (χ1) is 19.3. The standard InChI is InChI=1S/C32H42N2O6/c33-31(37)28-11-8-21-34(28)20-6-1-7-22-40-29-12-4-3-10-26(29)17-14-24(9-2-5-13-30(35)36)23-25-15-18-27(19-16-25)32(38)39/h3-4,10,12,14-19,24,28H,1-2,5-9,11,13,20-23H2,(H2,33,37)(H,35,36)(H,38,39). The largest absolute Gasteiger partial charge is 0.493 e. The van der Waals surface area contributed by atoms with Gasteiger partial charge in [-0.2, -0.15) is 0 Å². The highest BCUT2D eigenvalue weighted by Gasteiger charge is 2.28. The number of primary amides is 1. The number of likely N-dealkylation sites (tertiary alicyclic amines) is 1. The highest BCUT2D eigenvalue weighted by molar-refractivity contribution is 5.87. The number of carboxylic acids is 2. The van der Waals surface area contributed by atoms with E-state index in [0.29, 0.717) is 13.0 Å². The fraction of sp³-hybridized carbons (Fsp3) is 0.469. The molecule has 2 atom stereocenters. The van der Waals surface area contributed by atoms with E-state index in [1.807, 2.05) is 36.4 Å². The van der Waals surface area contributed by atoms with Crippen molar-refractivity contribution in [3.63, 3.8) is 0 Å². The normalized spacial score (nSPS) is 16.2. The van der Waals surface area contributed by atoms with Gasteiger partial charge in [-0.15, -0.1) is 0 Å². The third kappa shape index (κ3) is 10.5. The molecule has 0 aromatic heterocycles. The van der Waals surface area contributed by atoms with Crippen LogP contribution in [-0.4, -0.2) is 58.7 Å². The smallest absolute Gasteiger partial charge is 0.335 e. The maximum Gasteiger partial charge on any atom is 0.335 e. The van der Waals surface area contributed by atoms with Crippen LogP contribution in [0.3, 0.4) is 0 Å². The average Bonchev–Trinajstić information content (AvgIpc) is 3.41. The second-order valence-corrected chi connectivity index (χ2v) is 10.5. The van der Waals surface area contributed by atoms with Gasteiger partial charge >= 0.3 is 11.9 Å². The van der Waals surface area contributed by atoms with Crippen LogP contribution in [0.1, 0.15) is 79.3 Å². The molecule has 8 nitrogen and oxygen atoms in total. The molecular weight excluding hydrogens is 508 g/mol. The van der Waals surface area contributed by atoms with Gasteiger partial charge in [0.25, 0.3) is 0 Å². The number of benzene rings is 2. The molecule has 1 heterocycles. The summed E-state index contributed by atoms with van der Waals surface area (Å²) in [6.45, 7) is 2.44. The van der Waals surface area contributed by atoms with E-state index in [9.17, 15) is 19.5 Å². The fourth-order valence-corrected chi connectivity index (χ4v) is 5.22. The number of unbranched alkanes of at least 4 members (excludes halogenated alkanes) is 3. The SMILES string of the molecule is NC(=O)C1CCCN1CCCCCOc1ccccc1C=CC(CCCCC(=O)O)Cc1ccc(C(=O)O)cc1. The Kier molecular flexibility index (Phi) is 12.7. The van der Waals surface area contributed by atoms with Crippen molar-refractivity contribution in [2.24, 2.45) is 11.7 Å². The van der Waals surface area contributed by atoms with Crippen LogP contribution in [-0.2, 0) is 16.0 Å². The number of rotatable bonds is 18. The van der Waals surface area contributed by atoms with Crippen molar-refractivity contribution >= 4 is 23.9 Å². The summed E-state index contributed by atoms with van der Waals surface area (Å²) in [4.78, 5) is 35.9. The molecule has 2 unspecified atom stereocenters. The van der Waals surface area contributed by atoms with Gasteiger partial charge in [-0.3, -0.25) is 14.5 Å². The van der Waals surface area contributed by atoms with E-state index in [4.69, 9.17) is 15.6 Å². The number of allylic oxidation sites excluding steroid dienone is 1. The van der Waals surface area contributed by atoms with Crippen LogP contribution >= 0.6 is 0 Å².